The number of fused-ring (bicyclic) bond motifs is 2. The Bertz CT molecular complexity index is 1340. The minimum Gasteiger partial charge on any atom is -0.475 e. The van der Waals surface area contributed by atoms with Gasteiger partial charge in [0.25, 0.3) is 0 Å². The highest BCUT2D eigenvalue weighted by Crippen LogP contribution is 2.39. The van der Waals surface area contributed by atoms with Gasteiger partial charge in [-0.2, -0.15) is 10.2 Å². The molecule has 0 bridgehead atoms. The Hall–Kier alpha value is -3.05. The normalized spacial score (nSPS) is 20.2. The van der Waals surface area contributed by atoms with Crippen molar-refractivity contribution < 1.29 is 4.74 Å². The van der Waals surface area contributed by atoms with Gasteiger partial charge < -0.3 is 24.8 Å². The molecule has 2 saturated heterocycles. The summed E-state index contributed by atoms with van der Waals surface area (Å²) in [6, 6.07) is 15.2. The highest BCUT2D eigenvalue weighted by atomic mass is 35.5. The number of benzene rings is 2. The molecule has 0 spiro atoms. The van der Waals surface area contributed by atoms with Gasteiger partial charge in [-0.1, -0.05) is 35.9 Å². The Morgan fingerprint density at radius 2 is 1.89 bits per heavy atom. The molecular weight excluding hydrogens is 484 g/mol. The minimum absolute atomic E-state index is 0.362. The van der Waals surface area contributed by atoms with Crippen molar-refractivity contribution in [1.29, 1.82) is 5.26 Å². The zero-order chi connectivity index (χ0) is 25.4. The first kappa shape index (κ1) is 24.3. The third kappa shape index (κ3) is 4.59. The van der Waals surface area contributed by atoms with Crippen molar-refractivity contribution in [3.05, 3.63) is 58.1 Å². The van der Waals surface area contributed by atoms with E-state index in [-0.39, 0.29) is 0 Å². The van der Waals surface area contributed by atoms with Gasteiger partial charge in [-0.25, -0.2) is 0 Å². The van der Waals surface area contributed by atoms with Crippen molar-refractivity contribution in [2.45, 2.75) is 31.8 Å². The summed E-state index contributed by atoms with van der Waals surface area (Å²) in [5, 5.41) is 16.7. The number of pyridine rings is 1. The average Bonchev–Trinajstić information content (AvgIpc) is 3.35. The third-order valence-electron chi connectivity index (χ3n) is 8.12. The second-order valence-corrected chi connectivity index (χ2v) is 10.7. The number of nitrogens with zero attached hydrogens (tertiary/aromatic N) is 5. The van der Waals surface area contributed by atoms with Crippen LogP contribution in [0.3, 0.4) is 0 Å². The molecule has 37 heavy (non-hydrogen) atoms. The molecule has 8 heteroatoms. The lowest BCUT2D eigenvalue weighted by molar-refractivity contribution is 0.193. The molecule has 0 radical (unpaired) electrons. The van der Waals surface area contributed by atoms with Crippen molar-refractivity contribution in [2.24, 2.45) is 0 Å². The first-order valence-electron chi connectivity index (χ1n) is 13.3. The SMILES string of the molecule is CN1CCCC1COc1nc(N2CCNCC2)c2c(c1C#N)CN(c1cccc3cccc(Cl)c13)CC2. The van der Waals surface area contributed by atoms with E-state index in [2.05, 4.69) is 57.4 Å². The number of hydrogen-bond acceptors (Lipinski definition) is 7. The van der Waals surface area contributed by atoms with Crippen molar-refractivity contribution in [1.82, 2.24) is 15.2 Å². The molecule has 192 valence electrons. The number of hydrogen-bond donors (Lipinski definition) is 1. The molecule has 1 atom stereocenters. The molecule has 1 unspecified atom stereocenters. The Morgan fingerprint density at radius 1 is 1.08 bits per heavy atom. The summed E-state index contributed by atoms with van der Waals surface area (Å²) >= 11 is 6.68. The van der Waals surface area contributed by atoms with Gasteiger partial charge in [-0.05, 0) is 50.4 Å². The minimum atomic E-state index is 0.362. The largest absolute Gasteiger partial charge is 0.475 e. The molecule has 1 aromatic heterocycles. The standard InChI is InChI=1S/C29H33ClN6O/c1-34-13-4-7-21(34)19-37-29-23(17-31)24-18-36(26-9-3-6-20-5-2-8-25(30)27(20)26)14-10-22(24)28(33-29)35-15-11-32-12-16-35/h2-3,5-6,8-9,21,32H,4,7,10-16,18-19H2,1H3. The molecule has 7 nitrogen and oxygen atoms in total. The number of nitriles is 1. The number of aromatic nitrogens is 1. The smallest absolute Gasteiger partial charge is 0.234 e. The molecule has 3 aliphatic heterocycles. The van der Waals surface area contributed by atoms with Crippen LogP contribution in [0.15, 0.2) is 36.4 Å². The number of likely N-dealkylation sites (N-methyl/N-ethyl adjacent to an activating group) is 1. The molecule has 2 aromatic carbocycles. The van der Waals surface area contributed by atoms with Gasteiger partial charge >= 0.3 is 0 Å². The first-order chi connectivity index (χ1) is 18.1. The zero-order valence-electron chi connectivity index (χ0n) is 21.3. The Labute approximate surface area is 223 Å². The monoisotopic (exact) mass is 516 g/mol. The molecule has 0 saturated carbocycles. The molecule has 0 aliphatic carbocycles. The maximum absolute atomic E-state index is 10.3. The summed E-state index contributed by atoms with van der Waals surface area (Å²) < 4.78 is 6.35. The van der Waals surface area contributed by atoms with Crippen molar-refractivity contribution in [3.8, 4) is 11.9 Å². The Morgan fingerprint density at radius 3 is 2.65 bits per heavy atom. The summed E-state index contributed by atoms with van der Waals surface area (Å²) in [4.78, 5) is 12.1. The quantitative estimate of drug-likeness (QED) is 0.545. The summed E-state index contributed by atoms with van der Waals surface area (Å²) in [7, 11) is 2.14. The van der Waals surface area contributed by atoms with Gasteiger partial charge in [-0.15, -0.1) is 0 Å². The van der Waals surface area contributed by atoms with E-state index in [0.29, 0.717) is 30.6 Å². The molecule has 6 rings (SSSR count). The Balaban J connectivity index is 1.41. The number of ether oxygens (including phenoxy) is 1. The number of piperazine rings is 1. The molecule has 2 fully saturated rings. The highest BCUT2D eigenvalue weighted by molar-refractivity contribution is 6.36. The van der Waals surface area contributed by atoms with Gasteiger partial charge in [0.1, 0.15) is 24.1 Å². The van der Waals surface area contributed by atoms with Gasteiger partial charge in [0.15, 0.2) is 0 Å². The van der Waals surface area contributed by atoms with Crippen LogP contribution in [0.5, 0.6) is 5.88 Å². The fourth-order valence-corrected chi connectivity index (χ4v) is 6.34. The van der Waals surface area contributed by atoms with Crippen LogP contribution in [0.2, 0.25) is 5.02 Å². The van der Waals surface area contributed by atoms with E-state index in [1.807, 2.05) is 12.1 Å². The van der Waals surface area contributed by atoms with Gasteiger partial charge in [0, 0.05) is 67.5 Å². The first-order valence-corrected chi connectivity index (χ1v) is 13.7. The van der Waals surface area contributed by atoms with E-state index in [1.54, 1.807) is 0 Å². The topological polar surface area (TPSA) is 67.7 Å². The van der Waals surface area contributed by atoms with E-state index in [1.165, 1.54) is 12.0 Å². The molecule has 1 N–H and O–H groups in total. The number of likely N-dealkylation sites (tertiary alicyclic amines) is 1. The van der Waals surface area contributed by atoms with E-state index in [0.717, 1.165) is 85.0 Å². The van der Waals surface area contributed by atoms with E-state index >= 15 is 0 Å². The summed E-state index contributed by atoms with van der Waals surface area (Å²) in [5.41, 5.74) is 3.90. The number of halogens is 1. The predicted octanol–water partition coefficient (Wildman–Crippen LogP) is 4.21. The van der Waals surface area contributed by atoms with Crippen molar-refractivity contribution in [3.63, 3.8) is 0 Å². The van der Waals surface area contributed by atoms with Crippen LogP contribution >= 0.6 is 11.6 Å². The maximum Gasteiger partial charge on any atom is 0.234 e. The highest BCUT2D eigenvalue weighted by Gasteiger charge is 2.31. The fourth-order valence-electron chi connectivity index (χ4n) is 6.06. The van der Waals surface area contributed by atoms with Crippen LogP contribution in [-0.2, 0) is 13.0 Å². The number of rotatable bonds is 5. The van der Waals surface area contributed by atoms with E-state index in [9.17, 15) is 5.26 Å². The van der Waals surface area contributed by atoms with Crippen LogP contribution in [0.25, 0.3) is 10.8 Å². The molecule has 3 aliphatic rings. The van der Waals surface area contributed by atoms with Crippen LogP contribution in [0.1, 0.15) is 29.5 Å². The molecule has 4 heterocycles. The number of anilines is 2. The van der Waals surface area contributed by atoms with Gasteiger partial charge in [0.05, 0.1) is 5.02 Å². The van der Waals surface area contributed by atoms with Crippen LogP contribution in [0, 0.1) is 11.3 Å². The fraction of sp³-hybridized carbons (Fsp3) is 0.448. The van der Waals surface area contributed by atoms with E-state index < -0.39 is 0 Å². The lowest BCUT2D eigenvalue weighted by Crippen LogP contribution is -2.45. The predicted molar refractivity (Wildman–Crippen MR) is 149 cm³/mol. The third-order valence-corrected chi connectivity index (χ3v) is 8.44. The molecule has 0 amide bonds. The summed E-state index contributed by atoms with van der Waals surface area (Å²) in [6.45, 7) is 6.78. The van der Waals surface area contributed by atoms with E-state index in [4.69, 9.17) is 21.3 Å². The van der Waals surface area contributed by atoms with Crippen LogP contribution < -0.4 is 19.9 Å². The lowest BCUT2D eigenvalue weighted by atomic mass is 9.94. The second-order valence-electron chi connectivity index (χ2n) is 10.3. The molecular formula is C29H33ClN6O. The number of nitrogens with one attached hydrogen (secondary N) is 1. The van der Waals surface area contributed by atoms with Crippen molar-refractivity contribution >= 4 is 33.9 Å². The second kappa shape index (κ2) is 10.4. The summed E-state index contributed by atoms with van der Waals surface area (Å²) in [6.07, 6.45) is 3.12. The van der Waals surface area contributed by atoms with Crippen LogP contribution in [-0.4, -0.2) is 68.8 Å². The average molecular weight is 517 g/mol. The Kier molecular flexibility index (Phi) is 6.81. The van der Waals surface area contributed by atoms with Gasteiger partial charge in [-0.3, -0.25) is 0 Å². The maximum atomic E-state index is 10.3. The summed E-state index contributed by atoms with van der Waals surface area (Å²) in [5.74, 6) is 1.47. The zero-order valence-corrected chi connectivity index (χ0v) is 22.1. The van der Waals surface area contributed by atoms with Gasteiger partial charge in [0.2, 0.25) is 5.88 Å². The van der Waals surface area contributed by atoms with Crippen LogP contribution in [0.4, 0.5) is 11.5 Å². The lowest BCUT2D eigenvalue weighted by Gasteiger charge is -2.36. The molecule has 3 aromatic rings. The van der Waals surface area contributed by atoms with Crippen molar-refractivity contribution in [2.75, 3.05) is 62.7 Å².